The van der Waals surface area contributed by atoms with Crippen LogP contribution in [-0.2, 0) is 4.74 Å². The van der Waals surface area contributed by atoms with Crippen LogP contribution in [-0.4, -0.2) is 37.3 Å². The third-order valence-corrected chi connectivity index (χ3v) is 3.03. The summed E-state index contributed by atoms with van der Waals surface area (Å²) in [7, 11) is 1.71. The van der Waals surface area contributed by atoms with Gasteiger partial charge in [-0.1, -0.05) is 19.0 Å². The van der Waals surface area contributed by atoms with Gasteiger partial charge in [0.15, 0.2) is 0 Å². The van der Waals surface area contributed by atoms with E-state index in [4.69, 9.17) is 15.7 Å². The van der Waals surface area contributed by atoms with Gasteiger partial charge in [-0.3, -0.25) is 0 Å². The number of nitrogens with one attached hydrogen (secondary N) is 1. The van der Waals surface area contributed by atoms with Crippen molar-refractivity contribution in [2.24, 2.45) is 16.3 Å². The van der Waals surface area contributed by atoms with Crippen molar-refractivity contribution in [2.45, 2.75) is 46.1 Å². The third-order valence-electron chi connectivity index (χ3n) is 3.03. The van der Waals surface area contributed by atoms with Crippen LogP contribution in [0.15, 0.2) is 5.16 Å². The third kappa shape index (κ3) is 7.18. The van der Waals surface area contributed by atoms with Gasteiger partial charge in [0.25, 0.3) is 0 Å². The normalized spacial score (nSPS) is 14.9. The molecular formula is C12H27N3O2. The molecule has 0 aromatic rings. The predicted octanol–water partition coefficient (Wildman–Crippen LogP) is 1.55. The lowest BCUT2D eigenvalue weighted by molar-refractivity contribution is 0.184. The second kappa shape index (κ2) is 8.31. The average molecular weight is 245 g/mol. The first-order valence-electron chi connectivity index (χ1n) is 6.14. The summed E-state index contributed by atoms with van der Waals surface area (Å²) in [4.78, 5) is 0. The molecule has 0 aromatic carbocycles. The van der Waals surface area contributed by atoms with Gasteiger partial charge in [0.1, 0.15) is 5.84 Å². The Labute approximate surface area is 104 Å². The smallest absolute Gasteiger partial charge is 0.144 e. The first kappa shape index (κ1) is 16.2. The van der Waals surface area contributed by atoms with Gasteiger partial charge in [-0.25, -0.2) is 0 Å². The Morgan fingerprint density at radius 2 is 2.18 bits per heavy atom. The molecule has 5 nitrogen and oxygen atoms in total. The highest BCUT2D eigenvalue weighted by Gasteiger charge is 2.22. The number of nitrogens with zero attached hydrogens (tertiary/aromatic N) is 1. The molecule has 0 amide bonds. The number of rotatable bonds is 9. The molecule has 0 aromatic heterocycles. The topological polar surface area (TPSA) is 79.9 Å². The molecule has 17 heavy (non-hydrogen) atoms. The van der Waals surface area contributed by atoms with Crippen LogP contribution in [0.1, 0.15) is 40.0 Å². The maximum absolute atomic E-state index is 8.65. The quantitative estimate of drug-likeness (QED) is 0.189. The van der Waals surface area contributed by atoms with E-state index in [0.717, 1.165) is 32.4 Å². The van der Waals surface area contributed by atoms with Crippen molar-refractivity contribution < 1.29 is 9.94 Å². The molecule has 1 unspecified atom stereocenters. The maximum atomic E-state index is 8.65. The van der Waals surface area contributed by atoms with Crippen LogP contribution in [0.2, 0.25) is 0 Å². The van der Waals surface area contributed by atoms with Gasteiger partial charge < -0.3 is 21.0 Å². The SMILES string of the molecule is COCCC(C)NCCCC(C)(C)C(N)=NO. The molecule has 0 saturated carbocycles. The maximum Gasteiger partial charge on any atom is 0.144 e. The number of oxime groups is 1. The molecule has 102 valence electrons. The zero-order valence-electron chi connectivity index (χ0n) is 11.5. The molecule has 5 heteroatoms. The Balaban J connectivity index is 3.70. The second-order valence-electron chi connectivity index (χ2n) is 5.11. The summed E-state index contributed by atoms with van der Waals surface area (Å²) in [6, 6.07) is 0.460. The largest absolute Gasteiger partial charge is 0.409 e. The van der Waals surface area contributed by atoms with E-state index in [2.05, 4.69) is 17.4 Å². The van der Waals surface area contributed by atoms with Crippen molar-refractivity contribution in [3.05, 3.63) is 0 Å². The Morgan fingerprint density at radius 1 is 1.53 bits per heavy atom. The monoisotopic (exact) mass is 245 g/mol. The fraction of sp³-hybridized carbons (Fsp3) is 0.917. The molecule has 0 spiro atoms. The standard InChI is InChI=1S/C12H27N3O2/c1-10(6-9-17-4)14-8-5-7-12(2,3)11(13)15-16/h10,14,16H,5-9H2,1-4H3,(H2,13,15). The van der Waals surface area contributed by atoms with Crippen LogP contribution >= 0.6 is 0 Å². The summed E-state index contributed by atoms with van der Waals surface area (Å²) in [5.41, 5.74) is 5.38. The van der Waals surface area contributed by atoms with Gasteiger partial charge in [0.2, 0.25) is 0 Å². The fourth-order valence-electron chi connectivity index (χ4n) is 1.54. The van der Waals surface area contributed by atoms with Crippen LogP contribution < -0.4 is 11.1 Å². The molecule has 0 aliphatic carbocycles. The molecule has 1 atom stereocenters. The van der Waals surface area contributed by atoms with E-state index in [-0.39, 0.29) is 5.41 Å². The molecule has 0 saturated heterocycles. The Kier molecular flexibility index (Phi) is 7.91. The molecule has 0 fully saturated rings. The van der Waals surface area contributed by atoms with Crippen LogP contribution in [0.5, 0.6) is 0 Å². The number of nitrogens with two attached hydrogens (primary N) is 1. The van der Waals surface area contributed by atoms with Crippen molar-refractivity contribution in [1.29, 1.82) is 0 Å². The van der Waals surface area contributed by atoms with Gasteiger partial charge in [-0.2, -0.15) is 0 Å². The van der Waals surface area contributed by atoms with E-state index >= 15 is 0 Å². The zero-order valence-corrected chi connectivity index (χ0v) is 11.5. The lowest BCUT2D eigenvalue weighted by Gasteiger charge is -2.23. The summed E-state index contributed by atoms with van der Waals surface area (Å²) in [5, 5.41) is 15.1. The van der Waals surface area contributed by atoms with Crippen molar-refractivity contribution >= 4 is 5.84 Å². The molecule has 0 heterocycles. The summed E-state index contributed by atoms with van der Waals surface area (Å²) in [6.45, 7) is 7.83. The van der Waals surface area contributed by atoms with E-state index in [1.165, 1.54) is 0 Å². The average Bonchev–Trinajstić information content (AvgIpc) is 2.30. The zero-order chi connectivity index (χ0) is 13.3. The number of ether oxygens (including phenoxy) is 1. The molecule has 0 aliphatic rings. The second-order valence-corrected chi connectivity index (χ2v) is 5.11. The highest BCUT2D eigenvalue weighted by Crippen LogP contribution is 2.21. The molecule has 0 rings (SSSR count). The first-order chi connectivity index (χ1) is 7.94. The van der Waals surface area contributed by atoms with Gasteiger partial charge in [-0.15, -0.1) is 0 Å². The highest BCUT2D eigenvalue weighted by molar-refractivity contribution is 5.85. The first-order valence-corrected chi connectivity index (χ1v) is 6.14. The van der Waals surface area contributed by atoms with Crippen molar-refractivity contribution in [3.63, 3.8) is 0 Å². The van der Waals surface area contributed by atoms with Gasteiger partial charge >= 0.3 is 0 Å². The van der Waals surface area contributed by atoms with Gasteiger partial charge in [0.05, 0.1) is 0 Å². The highest BCUT2D eigenvalue weighted by atomic mass is 16.5. The number of methoxy groups -OCH3 is 1. The number of hydrogen-bond acceptors (Lipinski definition) is 4. The Bertz CT molecular complexity index is 230. The van der Waals surface area contributed by atoms with E-state index in [9.17, 15) is 0 Å². The minimum absolute atomic E-state index is 0.244. The van der Waals surface area contributed by atoms with Crippen molar-refractivity contribution in [1.82, 2.24) is 5.32 Å². The summed E-state index contributed by atoms with van der Waals surface area (Å²) < 4.78 is 5.02. The Hall–Kier alpha value is -0.810. The molecule has 0 bridgehead atoms. The predicted molar refractivity (Wildman–Crippen MR) is 70.4 cm³/mol. The van der Waals surface area contributed by atoms with E-state index in [1.54, 1.807) is 7.11 Å². The van der Waals surface area contributed by atoms with Crippen molar-refractivity contribution in [2.75, 3.05) is 20.3 Å². The van der Waals surface area contributed by atoms with Crippen LogP contribution in [0.3, 0.4) is 0 Å². The summed E-state index contributed by atoms with van der Waals surface area (Å²) in [5.74, 6) is 0.296. The van der Waals surface area contributed by atoms with E-state index in [1.807, 2.05) is 13.8 Å². The van der Waals surface area contributed by atoms with E-state index < -0.39 is 0 Å². The van der Waals surface area contributed by atoms with E-state index in [0.29, 0.717) is 11.9 Å². The number of hydrogen-bond donors (Lipinski definition) is 3. The number of amidine groups is 1. The lowest BCUT2D eigenvalue weighted by Crippen LogP contribution is -2.34. The van der Waals surface area contributed by atoms with Crippen LogP contribution in [0, 0.1) is 5.41 Å². The summed E-state index contributed by atoms with van der Waals surface area (Å²) in [6.07, 6.45) is 2.91. The molecule has 4 N–H and O–H groups in total. The van der Waals surface area contributed by atoms with Crippen LogP contribution in [0.4, 0.5) is 0 Å². The van der Waals surface area contributed by atoms with Gasteiger partial charge in [-0.05, 0) is 32.7 Å². The fourth-order valence-corrected chi connectivity index (χ4v) is 1.54. The van der Waals surface area contributed by atoms with Crippen LogP contribution in [0.25, 0.3) is 0 Å². The molecule has 0 aliphatic heterocycles. The van der Waals surface area contributed by atoms with Crippen molar-refractivity contribution in [3.8, 4) is 0 Å². The molecule has 0 radical (unpaired) electrons. The van der Waals surface area contributed by atoms with Gasteiger partial charge in [0, 0.05) is 25.2 Å². The lowest BCUT2D eigenvalue weighted by atomic mass is 9.86. The summed E-state index contributed by atoms with van der Waals surface area (Å²) >= 11 is 0. The minimum Gasteiger partial charge on any atom is -0.409 e. The Morgan fingerprint density at radius 3 is 2.71 bits per heavy atom. The minimum atomic E-state index is -0.244. The molecular weight excluding hydrogens is 218 g/mol.